The van der Waals surface area contributed by atoms with Crippen molar-refractivity contribution in [2.24, 2.45) is 0 Å². The van der Waals surface area contributed by atoms with E-state index in [9.17, 15) is 5.11 Å². The first-order valence-corrected chi connectivity index (χ1v) is 6.66. The van der Waals surface area contributed by atoms with Gasteiger partial charge in [-0.15, -0.1) is 0 Å². The van der Waals surface area contributed by atoms with Crippen LogP contribution < -0.4 is 4.74 Å². The minimum Gasteiger partial charge on any atom is -0.497 e. The van der Waals surface area contributed by atoms with Crippen LogP contribution in [-0.2, 0) is 13.2 Å². The molecule has 0 heterocycles. The molecule has 0 fully saturated rings. The van der Waals surface area contributed by atoms with Crippen molar-refractivity contribution < 1.29 is 9.84 Å². The standard InChI is InChI=1S/C17H21NO2/c1-18(2)11-13-4-9-17(15(10-13)12-19)14-5-7-16(20-3)8-6-14/h4-10,19H,11-12H2,1-3H3. The second-order valence-corrected chi connectivity index (χ2v) is 5.12. The Morgan fingerprint density at radius 1 is 1.05 bits per heavy atom. The van der Waals surface area contributed by atoms with Crippen molar-refractivity contribution in [3.63, 3.8) is 0 Å². The molecule has 0 aliphatic carbocycles. The molecule has 1 N–H and O–H groups in total. The van der Waals surface area contributed by atoms with Gasteiger partial charge in [-0.05, 0) is 48.5 Å². The van der Waals surface area contributed by atoms with Crippen molar-refractivity contribution >= 4 is 0 Å². The highest BCUT2D eigenvalue weighted by Crippen LogP contribution is 2.27. The number of aliphatic hydroxyl groups is 1. The molecule has 2 rings (SSSR count). The first-order valence-electron chi connectivity index (χ1n) is 6.66. The van der Waals surface area contributed by atoms with Gasteiger partial charge in [-0.3, -0.25) is 0 Å². The van der Waals surface area contributed by atoms with Crippen molar-refractivity contribution in [3.8, 4) is 16.9 Å². The molecule has 2 aromatic carbocycles. The lowest BCUT2D eigenvalue weighted by atomic mass is 9.97. The lowest BCUT2D eigenvalue weighted by Gasteiger charge is -2.14. The van der Waals surface area contributed by atoms with Gasteiger partial charge in [0.2, 0.25) is 0 Å². The summed E-state index contributed by atoms with van der Waals surface area (Å²) in [6, 6.07) is 14.1. The minimum absolute atomic E-state index is 0.0443. The second kappa shape index (κ2) is 6.55. The van der Waals surface area contributed by atoms with Crippen LogP contribution in [-0.4, -0.2) is 31.2 Å². The number of rotatable bonds is 5. The van der Waals surface area contributed by atoms with Crippen LogP contribution in [0.1, 0.15) is 11.1 Å². The molecule has 0 aliphatic rings. The molecular formula is C17H21NO2. The predicted octanol–water partition coefficient (Wildman–Crippen LogP) is 2.92. The summed E-state index contributed by atoms with van der Waals surface area (Å²) in [6.07, 6.45) is 0. The van der Waals surface area contributed by atoms with Crippen LogP contribution in [0.4, 0.5) is 0 Å². The molecule has 0 aliphatic heterocycles. The normalized spacial score (nSPS) is 10.8. The average molecular weight is 271 g/mol. The highest BCUT2D eigenvalue weighted by atomic mass is 16.5. The quantitative estimate of drug-likeness (QED) is 0.907. The van der Waals surface area contributed by atoms with Gasteiger partial charge in [0.15, 0.2) is 0 Å². The van der Waals surface area contributed by atoms with Crippen LogP contribution in [0.2, 0.25) is 0 Å². The van der Waals surface area contributed by atoms with Gasteiger partial charge in [-0.25, -0.2) is 0 Å². The van der Waals surface area contributed by atoms with E-state index in [2.05, 4.69) is 23.1 Å². The molecule has 0 saturated carbocycles. The highest BCUT2D eigenvalue weighted by molar-refractivity contribution is 5.68. The molecule has 0 bridgehead atoms. The monoisotopic (exact) mass is 271 g/mol. The van der Waals surface area contributed by atoms with Crippen LogP contribution in [0.25, 0.3) is 11.1 Å². The molecule has 106 valence electrons. The maximum Gasteiger partial charge on any atom is 0.118 e. The van der Waals surface area contributed by atoms with Crippen LogP contribution in [0, 0.1) is 0 Å². The second-order valence-electron chi connectivity index (χ2n) is 5.12. The number of aliphatic hydroxyl groups excluding tert-OH is 1. The predicted molar refractivity (Wildman–Crippen MR) is 81.7 cm³/mol. The van der Waals surface area contributed by atoms with Crippen LogP contribution in [0.5, 0.6) is 5.75 Å². The van der Waals surface area contributed by atoms with Gasteiger partial charge in [0.05, 0.1) is 13.7 Å². The topological polar surface area (TPSA) is 32.7 Å². The smallest absolute Gasteiger partial charge is 0.118 e. The van der Waals surface area contributed by atoms with Gasteiger partial charge in [-0.2, -0.15) is 0 Å². The van der Waals surface area contributed by atoms with E-state index < -0.39 is 0 Å². The lowest BCUT2D eigenvalue weighted by molar-refractivity contribution is 0.282. The Bertz CT molecular complexity index is 562. The summed E-state index contributed by atoms with van der Waals surface area (Å²) < 4.78 is 5.17. The van der Waals surface area contributed by atoms with E-state index >= 15 is 0 Å². The van der Waals surface area contributed by atoms with Crippen molar-refractivity contribution in [2.45, 2.75) is 13.2 Å². The Balaban J connectivity index is 2.35. The van der Waals surface area contributed by atoms with Gasteiger partial charge >= 0.3 is 0 Å². The van der Waals surface area contributed by atoms with E-state index in [4.69, 9.17) is 4.74 Å². The van der Waals surface area contributed by atoms with E-state index in [0.29, 0.717) is 0 Å². The zero-order valence-electron chi connectivity index (χ0n) is 12.3. The van der Waals surface area contributed by atoms with Crippen LogP contribution in [0.3, 0.4) is 0 Å². The molecule has 0 saturated heterocycles. The third kappa shape index (κ3) is 3.38. The lowest BCUT2D eigenvalue weighted by Crippen LogP contribution is -2.10. The van der Waals surface area contributed by atoms with Crippen LogP contribution in [0.15, 0.2) is 42.5 Å². The Kier molecular flexibility index (Phi) is 4.77. The van der Waals surface area contributed by atoms with Gasteiger partial charge in [0, 0.05) is 6.54 Å². The van der Waals surface area contributed by atoms with Crippen molar-refractivity contribution in [1.82, 2.24) is 4.90 Å². The highest BCUT2D eigenvalue weighted by Gasteiger charge is 2.07. The van der Waals surface area contributed by atoms with Gasteiger partial charge < -0.3 is 14.7 Å². The number of methoxy groups -OCH3 is 1. The molecular weight excluding hydrogens is 250 g/mol. The largest absolute Gasteiger partial charge is 0.497 e. The molecule has 0 atom stereocenters. The SMILES string of the molecule is COc1ccc(-c2ccc(CN(C)C)cc2CO)cc1. The summed E-state index contributed by atoms with van der Waals surface area (Å²) in [5.41, 5.74) is 4.31. The third-order valence-electron chi connectivity index (χ3n) is 3.24. The summed E-state index contributed by atoms with van der Waals surface area (Å²) in [7, 11) is 5.73. The summed E-state index contributed by atoms with van der Waals surface area (Å²) in [4.78, 5) is 2.11. The Labute approximate surface area is 120 Å². The maximum absolute atomic E-state index is 9.60. The number of nitrogens with zero attached hydrogens (tertiary/aromatic N) is 1. The number of hydrogen-bond donors (Lipinski definition) is 1. The molecule has 0 spiro atoms. The molecule has 0 amide bonds. The van der Waals surface area contributed by atoms with E-state index in [1.54, 1.807) is 7.11 Å². The van der Waals surface area contributed by atoms with Gasteiger partial charge in [0.1, 0.15) is 5.75 Å². The summed E-state index contributed by atoms with van der Waals surface area (Å²) in [5.74, 6) is 0.837. The summed E-state index contributed by atoms with van der Waals surface area (Å²) in [5, 5.41) is 9.60. The van der Waals surface area contributed by atoms with Crippen LogP contribution >= 0.6 is 0 Å². The fourth-order valence-corrected chi connectivity index (χ4v) is 2.29. The molecule has 0 unspecified atom stereocenters. The molecule has 3 nitrogen and oxygen atoms in total. The zero-order chi connectivity index (χ0) is 14.5. The first kappa shape index (κ1) is 14.6. The van der Waals surface area contributed by atoms with Gasteiger partial charge in [-0.1, -0.05) is 30.3 Å². The minimum atomic E-state index is 0.0443. The van der Waals surface area contributed by atoms with E-state index in [0.717, 1.165) is 29.0 Å². The van der Waals surface area contributed by atoms with Crippen molar-refractivity contribution in [2.75, 3.05) is 21.2 Å². The zero-order valence-corrected chi connectivity index (χ0v) is 12.3. The fourth-order valence-electron chi connectivity index (χ4n) is 2.29. The van der Waals surface area contributed by atoms with Crippen molar-refractivity contribution in [1.29, 1.82) is 0 Å². The molecule has 0 aromatic heterocycles. The Morgan fingerprint density at radius 2 is 1.75 bits per heavy atom. The average Bonchev–Trinajstić information content (AvgIpc) is 2.46. The molecule has 20 heavy (non-hydrogen) atoms. The summed E-state index contributed by atoms with van der Waals surface area (Å²) >= 11 is 0. The Hall–Kier alpha value is -1.84. The molecule has 2 aromatic rings. The number of hydrogen-bond acceptors (Lipinski definition) is 3. The van der Waals surface area contributed by atoms with E-state index in [1.807, 2.05) is 38.4 Å². The van der Waals surface area contributed by atoms with Crippen molar-refractivity contribution in [3.05, 3.63) is 53.6 Å². The first-order chi connectivity index (χ1) is 9.63. The Morgan fingerprint density at radius 3 is 2.30 bits per heavy atom. The summed E-state index contributed by atoms with van der Waals surface area (Å²) in [6.45, 7) is 0.915. The van der Waals surface area contributed by atoms with Gasteiger partial charge in [0.25, 0.3) is 0 Å². The van der Waals surface area contributed by atoms with E-state index in [1.165, 1.54) is 5.56 Å². The molecule has 3 heteroatoms. The third-order valence-corrected chi connectivity index (χ3v) is 3.24. The fraction of sp³-hybridized carbons (Fsp3) is 0.294. The number of benzene rings is 2. The number of ether oxygens (including phenoxy) is 1. The van der Waals surface area contributed by atoms with E-state index in [-0.39, 0.29) is 6.61 Å². The molecule has 0 radical (unpaired) electrons. The maximum atomic E-state index is 9.60.